The van der Waals surface area contributed by atoms with E-state index in [4.69, 9.17) is 58.5 Å². The Bertz CT molecular complexity index is 2950. The molecule has 2 heterocycles. The fourth-order valence-corrected chi connectivity index (χ4v) is 9.05. The van der Waals surface area contributed by atoms with E-state index in [0.29, 0.717) is 0 Å². The van der Waals surface area contributed by atoms with Gasteiger partial charge in [-0.25, -0.2) is 14.4 Å². The summed E-state index contributed by atoms with van der Waals surface area (Å²) in [5, 5.41) is 0. The highest BCUT2D eigenvalue weighted by Crippen LogP contribution is 2.35. The highest BCUT2D eigenvalue weighted by Gasteiger charge is 2.55. The van der Waals surface area contributed by atoms with Crippen LogP contribution in [0.15, 0.2) is 212 Å². The van der Waals surface area contributed by atoms with E-state index in [1.165, 1.54) is 0 Å². The molecule has 0 bridgehead atoms. The van der Waals surface area contributed by atoms with Crippen LogP contribution >= 0.6 is 0 Å². The summed E-state index contributed by atoms with van der Waals surface area (Å²) in [7, 11) is 0. The third kappa shape index (κ3) is 15.2. The first kappa shape index (κ1) is 55.0. The summed E-state index contributed by atoms with van der Waals surface area (Å²) >= 11 is 0. The van der Waals surface area contributed by atoms with Crippen LogP contribution in [0.4, 0.5) is 0 Å². The fraction of sp³-hybridized carbons (Fsp3) is 0.266. The van der Waals surface area contributed by atoms with Gasteiger partial charge in [0, 0.05) is 0 Å². The minimum absolute atomic E-state index is 0.0377. The number of hydrogen-bond acceptors (Lipinski definition) is 14. The predicted molar refractivity (Wildman–Crippen MR) is 286 cm³/mol. The Hall–Kier alpha value is -7.81. The molecule has 0 amide bonds. The highest BCUT2D eigenvalue weighted by atomic mass is 16.8. The van der Waals surface area contributed by atoms with E-state index in [2.05, 4.69) is 5.92 Å². The number of hydrogen-bond donors (Lipinski definition) is 0. The Balaban J connectivity index is 1.10. The molecule has 14 nitrogen and oxygen atoms in total. The van der Waals surface area contributed by atoms with Crippen molar-refractivity contribution in [3.05, 3.63) is 251 Å². The summed E-state index contributed by atoms with van der Waals surface area (Å²) in [4.78, 5) is 42.6. The second kappa shape index (κ2) is 28.5. The summed E-state index contributed by atoms with van der Waals surface area (Å²) in [6.07, 6.45) is -6.51. The van der Waals surface area contributed by atoms with E-state index in [-0.39, 0.29) is 56.3 Å². The second-order valence-electron chi connectivity index (χ2n) is 18.4. The van der Waals surface area contributed by atoms with Crippen LogP contribution < -0.4 is 0 Å². The molecule has 400 valence electrons. The molecular weight excluding hydrogens is 993 g/mol. The number of ether oxygens (including phenoxy) is 11. The van der Waals surface area contributed by atoms with Crippen molar-refractivity contribution in [3.8, 4) is 12.3 Å². The maximum absolute atomic E-state index is 14.3. The molecule has 0 N–H and O–H groups in total. The lowest BCUT2D eigenvalue weighted by Gasteiger charge is -2.47. The molecule has 0 unspecified atom stereocenters. The third-order valence-corrected chi connectivity index (χ3v) is 12.9. The van der Waals surface area contributed by atoms with Gasteiger partial charge in [0.15, 0.2) is 30.9 Å². The van der Waals surface area contributed by atoms with Crippen LogP contribution in [0.1, 0.15) is 53.3 Å². The summed E-state index contributed by atoms with van der Waals surface area (Å²) in [5.41, 5.74) is 4.16. The molecule has 9 rings (SSSR count). The van der Waals surface area contributed by atoms with E-state index in [0.717, 1.165) is 22.3 Å². The van der Waals surface area contributed by atoms with Crippen molar-refractivity contribution in [3.63, 3.8) is 0 Å². The molecule has 0 saturated carbocycles. The van der Waals surface area contributed by atoms with Gasteiger partial charge in [0.2, 0.25) is 0 Å². The van der Waals surface area contributed by atoms with Gasteiger partial charge in [-0.15, -0.1) is 6.42 Å². The van der Waals surface area contributed by atoms with Gasteiger partial charge in [0.1, 0.15) is 37.1 Å². The summed E-state index contributed by atoms with van der Waals surface area (Å²) in [5.74, 6) is 0.0239. The van der Waals surface area contributed by atoms with Crippen molar-refractivity contribution in [2.24, 2.45) is 0 Å². The molecule has 10 atom stereocenters. The minimum Gasteiger partial charge on any atom is -0.452 e. The van der Waals surface area contributed by atoms with Crippen molar-refractivity contribution in [2.75, 3.05) is 19.8 Å². The number of carbonyl (C=O) groups is 3. The molecule has 2 aliphatic heterocycles. The molecule has 0 spiro atoms. The van der Waals surface area contributed by atoms with Gasteiger partial charge < -0.3 is 52.1 Å². The maximum Gasteiger partial charge on any atom is 0.338 e. The topological polar surface area (TPSA) is 153 Å². The molecular formula is C64H60O14. The van der Waals surface area contributed by atoms with Crippen molar-refractivity contribution >= 4 is 17.9 Å². The van der Waals surface area contributed by atoms with Crippen LogP contribution in [-0.4, -0.2) is 99.1 Å². The largest absolute Gasteiger partial charge is 0.452 e. The quantitative estimate of drug-likeness (QED) is 0.0321. The molecule has 0 aliphatic carbocycles. The zero-order valence-electron chi connectivity index (χ0n) is 42.7. The number of carbonyl (C=O) groups excluding carboxylic acids is 3. The number of terminal acetylenes is 1. The number of rotatable bonds is 24. The van der Waals surface area contributed by atoms with E-state index in [1.54, 1.807) is 91.0 Å². The van der Waals surface area contributed by atoms with Gasteiger partial charge in [-0.05, 0) is 58.7 Å². The van der Waals surface area contributed by atoms with Crippen LogP contribution in [0.5, 0.6) is 0 Å². The Morgan fingerprint density at radius 2 is 0.705 bits per heavy atom. The van der Waals surface area contributed by atoms with E-state index in [1.807, 2.05) is 121 Å². The first-order valence-electron chi connectivity index (χ1n) is 25.7. The predicted octanol–water partition coefficient (Wildman–Crippen LogP) is 9.75. The van der Waals surface area contributed by atoms with Crippen LogP contribution in [0.25, 0.3) is 0 Å². The smallest absolute Gasteiger partial charge is 0.338 e. The van der Waals surface area contributed by atoms with Gasteiger partial charge in [-0.2, -0.15) is 0 Å². The molecule has 78 heavy (non-hydrogen) atoms. The van der Waals surface area contributed by atoms with Gasteiger partial charge in [-0.3, -0.25) is 0 Å². The van der Waals surface area contributed by atoms with E-state index in [9.17, 15) is 14.4 Å². The zero-order chi connectivity index (χ0) is 53.7. The molecule has 14 heteroatoms. The third-order valence-electron chi connectivity index (χ3n) is 12.9. The molecule has 0 aromatic heterocycles. The lowest BCUT2D eigenvalue weighted by Crippen LogP contribution is -2.64. The average Bonchev–Trinajstić information content (AvgIpc) is 3.55. The first-order valence-corrected chi connectivity index (χ1v) is 25.7. The standard InChI is InChI=1S/C64H60O14/c1-2-38-69-64-59(78-62(67)51-36-22-9-23-37-51)57(77-61(66)50-34-20-8-21-35-50)55(76-60(65)49-32-18-7-19-33-49)53(75-64)44-73-63-58(72-42-48-30-16-6-17-31-48)56(71-41-47-28-14-5-15-29-47)54(70-40-46-26-12-4-13-27-46)52(74-63)43-68-39-45-24-10-3-11-25-45/h1,3-37,52-59,63-64H,38-44H2/t52-,53-,54-,55-,56+,57+,58-,59-,63+,64+/m1/s1. The monoisotopic (exact) mass is 1050 g/mol. The number of esters is 3. The van der Waals surface area contributed by atoms with Crippen LogP contribution in [-0.2, 0) is 78.5 Å². The van der Waals surface area contributed by atoms with Crippen LogP contribution in [0.3, 0.4) is 0 Å². The average molecular weight is 1050 g/mol. The van der Waals surface area contributed by atoms with Gasteiger partial charge in [0.25, 0.3) is 0 Å². The molecule has 0 radical (unpaired) electrons. The minimum atomic E-state index is -1.59. The summed E-state index contributed by atoms with van der Waals surface area (Å²) < 4.78 is 72.6. The van der Waals surface area contributed by atoms with Gasteiger partial charge in [-0.1, -0.05) is 182 Å². The Kier molecular flexibility index (Phi) is 20.1. The SMILES string of the molecule is C#CCO[C@H]1O[C@H](CO[C@H]2O[C@H](COCc3ccccc3)[C@@H](OCc3ccccc3)[C@H](OCc3ccccc3)[C@H]2OCc2ccccc2)[C@@H](OC(=O)c2ccccc2)[C@H](OC(=O)c2ccccc2)[C@H]1OC(=O)c1ccccc1. The summed E-state index contributed by atoms with van der Waals surface area (Å²) in [6.45, 7) is 0.0547. The van der Waals surface area contributed by atoms with Crippen LogP contribution in [0.2, 0.25) is 0 Å². The van der Waals surface area contributed by atoms with Crippen molar-refractivity contribution in [2.45, 2.75) is 87.8 Å². The second-order valence-corrected chi connectivity index (χ2v) is 18.4. The van der Waals surface area contributed by atoms with E-state index < -0.39 is 85.9 Å². The Morgan fingerprint density at radius 1 is 0.359 bits per heavy atom. The Labute approximate surface area is 454 Å². The molecule has 2 fully saturated rings. The normalized spacial score (nSPS) is 22.8. The summed E-state index contributed by atoms with van der Waals surface area (Å²) in [6, 6.07) is 63.6. The first-order chi connectivity index (χ1) is 38.4. The number of benzene rings is 7. The van der Waals surface area contributed by atoms with Crippen LogP contribution in [0, 0.1) is 12.3 Å². The molecule has 7 aromatic rings. The molecule has 2 aliphatic rings. The molecule has 7 aromatic carbocycles. The maximum atomic E-state index is 14.3. The zero-order valence-corrected chi connectivity index (χ0v) is 42.7. The van der Waals surface area contributed by atoms with Crippen molar-refractivity contribution in [1.29, 1.82) is 0 Å². The van der Waals surface area contributed by atoms with E-state index >= 15 is 0 Å². The Morgan fingerprint density at radius 3 is 1.14 bits per heavy atom. The highest BCUT2D eigenvalue weighted by molar-refractivity contribution is 5.91. The van der Waals surface area contributed by atoms with Crippen molar-refractivity contribution in [1.82, 2.24) is 0 Å². The lowest BCUT2D eigenvalue weighted by molar-refractivity contribution is -0.343. The van der Waals surface area contributed by atoms with Gasteiger partial charge >= 0.3 is 17.9 Å². The molecule has 2 saturated heterocycles. The van der Waals surface area contributed by atoms with Gasteiger partial charge in [0.05, 0.1) is 56.3 Å². The van der Waals surface area contributed by atoms with Crippen molar-refractivity contribution < 1.29 is 66.5 Å². The fourth-order valence-electron chi connectivity index (χ4n) is 9.05. The lowest BCUT2D eigenvalue weighted by atomic mass is 9.96.